The van der Waals surface area contributed by atoms with Crippen molar-refractivity contribution in [3.63, 3.8) is 0 Å². The third kappa shape index (κ3) is 4.89. The quantitative estimate of drug-likeness (QED) is 0.395. The van der Waals surface area contributed by atoms with Crippen LogP contribution in [0.15, 0.2) is 72.0 Å². The molecule has 0 saturated heterocycles. The first-order chi connectivity index (χ1) is 19.3. The number of nitrogens with zero attached hydrogens (tertiary/aromatic N) is 4. The van der Waals surface area contributed by atoms with Crippen LogP contribution in [0.25, 0.3) is 11.4 Å². The fourth-order valence-electron chi connectivity index (χ4n) is 2.61. The number of para-hydroxylation sites is 2. The Hall–Kier alpha value is -4.25. The molecule has 0 aliphatic carbocycles. The van der Waals surface area contributed by atoms with Gasteiger partial charge in [0.1, 0.15) is 0 Å². The number of methoxy groups -OCH3 is 2. The largest absolute Gasteiger partial charge is 0.493 e. The van der Waals surface area contributed by atoms with Crippen LogP contribution in [0.2, 0.25) is 0 Å². The van der Waals surface area contributed by atoms with Crippen molar-refractivity contribution in [1.82, 2.24) is 19.9 Å². The summed E-state index contributed by atoms with van der Waals surface area (Å²) >= 11 is 0. The van der Waals surface area contributed by atoms with E-state index in [9.17, 15) is 8.42 Å². The van der Waals surface area contributed by atoms with E-state index in [0.717, 1.165) is 7.11 Å². The molecular formula is C23H21N5O5S. The van der Waals surface area contributed by atoms with Crippen LogP contribution in [-0.4, -0.2) is 42.6 Å². The van der Waals surface area contributed by atoms with Gasteiger partial charge in [0, 0.05) is 24.1 Å². The minimum absolute atomic E-state index is 0.00644. The summed E-state index contributed by atoms with van der Waals surface area (Å²) in [6.07, 6.45) is 2.36. The number of aromatic nitrogens is 4. The maximum Gasteiger partial charge on any atom is 0.280 e. The third-order valence-corrected chi connectivity index (χ3v) is 5.33. The molecule has 4 aromatic rings. The lowest BCUT2D eigenvalue weighted by Crippen LogP contribution is -2.17. The fourth-order valence-corrected chi connectivity index (χ4v) is 3.45. The van der Waals surface area contributed by atoms with Gasteiger partial charge in [-0.15, -0.1) is 0 Å². The summed E-state index contributed by atoms with van der Waals surface area (Å²) < 4.78 is 102. The monoisotopic (exact) mass is 486 g/mol. The second kappa shape index (κ2) is 9.71. The highest BCUT2D eigenvalue weighted by Crippen LogP contribution is 2.41. The molecule has 4 rings (SSSR count). The van der Waals surface area contributed by atoms with Gasteiger partial charge in [-0.1, -0.05) is 18.1 Å². The standard InChI is InChI=1S/C23H21N5O5S/c1-15-8-9-19(25-14-15)34(29,30)28-22-20(33-18-7-5-4-6-17(18)31-2)23(32-3)27-21(26-22)16-10-12-24-13-11-16/h4-14H,1-3H3,(H,26,27,28)/i4D,5D,6D,7D,8D,9D,14D. The molecule has 1 N–H and O–H groups in total. The molecular weight excluding hydrogens is 458 g/mol. The van der Waals surface area contributed by atoms with Crippen LogP contribution in [0.4, 0.5) is 5.82 Å². The Morgan fingerprint density at radius 2 is 1.71 bits per heavy atom. The van der Waals surface area contributed by atoms with Crippen molar-refractivity contribution in [2.24, 2.45) is 0 Å². The van der Waals surface area contributed by atoms with Gasteiger partial charge in [-0.25, -0.2) is 9.97 Å². The zero-order chi connectivity index (χ0) is 30.2. The Morgan fingerprint density at radius 1 is 0.971 bits per heavy atom. The van der Waals surface area contributed by atoms with Crippen molar-refractivity contribution in [2.45, 2.75) is 11.9 Å². The lowest BCUT2D eigenvalue weighted by Gasteiger charge is -2.17. The molecule has 0 bridgehead atoms. The second-order valence-electron chi connectivity index (χ2n) is 6.44. The van der Waals surface area contributed by atoms with Gasteiger partial charge in [-0.05, 0) is 42.7 Å². The van der Waals surface area contributed by atoms with E-state index in [4.69, 9.17) is 23.8 Å². The van der Waals surface area contributed by atoms with Gasteiger partial charge in [-0.3, -0.25) is 9.71 Å². The maximum atomic E-state index is 13.5. The molecule has 0 fully saturated rings. The molecule has 0 aliphatic heterocycles. The summed E-state index contributed by atoms with van der Waals surface area (Å²) in [6, 6.07) is -0.668. The predicted molar refractivity (Wildman–Crippen MR) is 125 cm³/mol. The lowest BCUT2D eigenvalue weighted by atomic mass is 10.2. The molecule has 10 nitrogen and oxygen atoms in total. The average Bonchev–Trinajstić information content (AvgIpc) is 2.96. The minimum atomic E-state index is -4.80. The van der Waals surface area contributed by atoms with E-state index in [1.54, 1.807) is 0 Å². The number of benzene rings is 1. The van der Waals surface area contributed by atoms with E-state index in [1.165, 1.54) is 38.6 Å². The zero-order valence-electron chi connectivity index (χ0n) is 25.0. The van der Waals surface area contributed by atoms with E-state index in [1.807, 2.05) is 0 Å². The van der Waals surface area contributed by atoms with Gasteiger partial charge >= 0.3 is 0 Å². The van der Waals surface area contributed by atoms with Crippen molar-refractivity contribution in [3.05, 3.63) is 72.5 Å². The Morgan fingerprint density at radius 3 is 2.41 bits per heavy atom. The summed E-state index contributed by atoms with van der Waals surface area (Å²) in [5, 5.41) is -0.925. The molecule has 174 valence electrons. The van der Waals surface area contributed by atoms with Crippen LogP contribution in [0.1, 0.15) is 15.2 Å². The van der Waals surface area contributed by atoms with E-state index >= 15 is 0 Å². The van der Waals surface area contributed by atoms with E-state index in [2.05, 4.69) is 24.7 Å². The normalized spacial score (nSPS) is 13.9. The number of nitrogens with one attached hydrogen (secondary N) is 1. The molecule has 0 aliphatic rings. The maximum absolute atomic E-state index is 13.5. The van der Waals surface area contributed by atoms with Crippen molar-refractivity contribution in [3.8, 4) is 34.5 Å². The number of hydrogen-bond donors (Lipinski definition) is 1. The van der Waals surface area contributed by atoms with Gasteiger partial charge in [0.2, 0.25) is 5.75 Å². The lowest BCUT2D eigenvalue weighted by molar-refractivity contribution is 0.348. The predicted octanol–water partition coefficient (Wildman–Crippen LogP) is 3.85. The highest BCUT2D eigenvalue weighted by Gasteiger charge is 2.25. The molecule has 0 atom stereocenters. The van der Waals surface area contributed by atoms with E-state index in [-0.39, 0.29) is 17.3 Å². The molecule has 34 heavy (non-hydrogen) atoms. The highest BCUT2D eigenvalue weighted by atomic mass is 32.2. The summed E-state index contributed by atoms with van der Waals surface area (Å²) in [6.45, 7) is 1.36. The Labute approximate surface area is 206 Å². The van der Waals surface area contributed by atoms with Crippen molar-refractivity contribution >= 4 is 15.8 Å². The van der Waals surface area contributed by atoms with Crippen LogP contribution in [0.3, 0.4) is 0 Å². The van der Waals surface area contributed by atoms with Gasteiger partial charge in [-0.2, -0.15) is 13.4 Å². The first-order valence-electron chi connectivity index (χ1n) is 13.0. The van der Waals surface area contributed by atoms with E-state index < -0.39 is 80.5 Å². The first kappa shape index (κ1) is 15.6. The molecule has 3 aromatic heterocycles. The van der Waals surface area contributed by atoms with Gasteiger partial charge in [0.05, 0.1) is 23.8 Å². The zero-order valence-corrected chi connectivity index (χ0v) is 18.9. The number of pyridine rings is 2. The number of rotatable bonds is 8. The molecule has 0 radical (unpaired) electrons. The molecule has 0 amide bonds. The minimum Gasteiger partial charge on any atom is -0.493 e. The van der Waals surface area contributed by atoms with E-state index in [0.29, 0.717) is 5.56 Å². The number of anilines is 1. The smallest absolute Gasteiger partial charge is 0.280 e. The summed E-state index contributed by atoms with van der Waals surface area (Å²) in [5.74, 6) is -2.40. The summed E-state index contributed by atoms with van der Waals surface area (Å²) in [5.41, 5.74) is 0.396. The Bertz CT molecular complexity index is 1780. The van der Waals surface area contributed by atoms with Gasteiger partial charge in [0.25, 0.3) is 15.9 Å². The second-order valence-corrected chi connectivity index (χ2v) is 8.04. The van der Waals surface area contributed by atoms with Crippen LogP contribution in [0.5, 0.6) is 23.1 Å². The SMILES string of the molecule is [2H]c1nc(S(=O)(=O)Nc2nc(-c3ccncc3)nc(OC)c2Oc2c([2H])c([2H])c([2H])c([2H])c2OC)c([2H])c([2H])c1C. The number of sulfonamides is 1. The number of ether oxygens (including phenoxy) is 3. The highest BCUT2D eigenvalue weighted by molar-refractivity contribution is 7.92. The average molecular weight is 487 g/mol. The van der Waals surface area contributed by atoms with Gasteiger partial charge < -0.3 is 14.2 Å². The topological polar surface area (TPSA) is 125 Å². The van der Waals surface area contributed by atoms with Gasteiger partial charge in [0.15, 0.2) is 28.2 Å². The molecule has 0 unspecified atom stereocenters. The van der Waals surface area contributed by atoms with Crippen LogP contribution < -0.4 is 18.9 Å². The number of hydrogen-bond acceptors (Lipinski definition) is 9. The first-order valence-corrected chi connectivity index (χ1v) is 11.0. The Kier molecular flexibility index (Phi) is 4.44. The molecule has 0 saturated carbocycles. The van der Waals surface area contributed by atoms with Crippen LogP contribution in [-0.2, 0) is 10.0 Å². The molecule has 0 spiro atoms. The fraction of sp³-hybridized carbons (Fsp3) is 0.130. The summed E-state index contributed by atoms with van der Waals surface area (Å²) in [4.78, 5) is 16.1. The van der Waals surface area contributed by atoms with Crippen molar-refractivity contribution in [1.29, 1.82) is 0 Å². The van der Waals surface area contributed by atoms with Crippen molar-refractivity contribution in [2.75, 3.05) is 18.9 Å². The molecule has 1 aromatic carbocycles. The van der Waals surface area contributed by atoms with Crippen molar-refractivity contribution < 1.29 is 32.2 Å². The molecule has 3 heterocycles. The Balaban J connectivity index is 1.98. The van der Waals surface area contributed by atoms with Crippen LogP contribution in [0, 0.1) is 6.92 Å². The third-order valence-electron chi connectivity index (χ3n) is 4.16. The summed E-state index contributed by atoms with van der Waals surface area (Å²) in [7, 11) is -2.45. The van der Waals surface area contributed by atoms with Crippen LogP contribution >= 0.6 is 0 Å². The molecule has 11 heteroatoms.